The summed E-state index contributed by atoms with van der Waals surface area (Å²) in [6.07, 6.45) is 1.01. The summed E-state index contributed by atoms with van der Waals surface area (Å²) >= 11 is 0. The number of nitrogens with one attached hydrogen (secondary N) is 1. The summed E-state index contributed by atoms with van der Waals surface area (Å²) in [4.78, 5) is 2.35. The second kappa shape index (κ2) is 9.46. The van der Waals surface area contributed by atoms with Gasteiger partial charge in [-0.25, -0.2) is 4.39 Å². The van der Waals surface area contributed by atoms with E-state index in [-0.39, 0.29) is 42.4 Å². The SMILES string of the molecule is CCC(C)[C@@H](c1ccc(O)cc1F)N1CCNCC1.Cl.Cl. The van der Waals surface area contributed by atoms with Crippen molar-refractivity contribution in [1.82, 2.24) is 10.2 Å². The lowest BCUT2D eigenvalue weighted by Gasteiger charge is -2.38. The van der Waals surface area contributed by atoms with Gasteiger partial charge < -0.3 is 10.4 Å². The monoisotopic (exact) mass is 338 g/mol. The molecule has 0 amide bonds. The number of halogens is 3. The number of phenolic OH excluding ortho intramolecular Hbond substituents is 1. The molecule has 0 bridgehead atoms. The van der Waals surface area contributed by atoms with Crippen LogP contribution in [0.3, 0.4) is 0 Å². The highest BCUT2D eigenvalue weighted by molar-refractivity contribution is 5.85. The Hall–Kier alpha value is -0.550. The topological polar surface area (TPSA) is 35.5 Å². The molecule has 1 heterocycles. The molecular weight excluding hydrogens is 314 g/mol. The van der Waals surface area contributed by atoms with Gasteiger partial charge >= 0.3 is 0 Å². The minimum absolute atomic E-state index is 0. The predicted octanol–water partition coefficient (Wildman–Crippen LogP) is 3.37. The molecule has 1 unspecified atom stereocenters. The normalized spacial score (nSPS) is 18.2. The van der Waals surface area contributed by atoms with Crippen LogP contribution in [0.4, 0.5) is 4.39 Å². The molecule has 0 aromatic heterocycles. The maximum Gasteiger partial charge on any atom is 0.131 e. The predicted molar refractivity (Wildman–Crippen MR) is 89.2 cm³/mol. The van der Waals surface area contributed by atoms with Gasteiger partial charge in [-0.3, -0.25) is 4.90 Å². The van der Waals surface area contributed by atoms with Crippen LogP contribution in [0.5, 0.6) is 5.75 Å². The Morgan fingerprint density at radius 2 is 1.90 bits per heavy atom. The zero-order valence-electron chi connectivity index (χ0n) is 12.5. The number of hydrogen-bond acceptors (Lipinski definition) is 3. The fourth-order valence-corrected chi connectivity index (χ4v) is 2.80. The molecule has 1 aliphatic rings. The summed E-state index contributed by atoms with van der Waals surface area (Å²) in [7, 11) is 0. The second-order valence-corrected chi connectivity index (χ2v) is 5.32. The molecule has 6 heteroatoms. The molecule has 3 nitrogen and oxygen atoms in total. The molecule has 1 aromatic carbocycles. The van der Waals surface area contributed by atoms with Crippen molar-refractivity contribution in [3.63, 3.8) is 0 Å². The van der Waals surface area contributed by atoms with Crippen molar-refractivity contribution in [2.75, 3.05) is 26.2 Å². The third-order valence-corrected chi connectivity index (χ3v) is 4.03. The van der Waals surface area contributed by atoms with E-state index in [2.05, 4.69) is 24.1 Å². The lowest BCUT2D eigenvalue weighted by Crippen LogP contribution is -2.46. The van der Waals surface area contributed by atoms with Gasteiger partial charge in [0.05, 0.1) is 0 Å². The lowest BCUT2D eigenvalue weighted by molar-refractivity contribution is 0.125. The Morgan fingerprint density at radius 3 is 2.43 bits per heavy atom. The Bertz CT molecular complexity index is 428. The Balaban J connectivity index is 0.00000200. The molecule has 122 valence electrons. The van der Waals surface area contributed by atoms with Crippen molar-refractivity contribution in [3.8, 4) is 5.75 Å². The first-order valence-electron chi connectivity index (χ1n) is 7.06. The van der Waals surface area contributed by atoms with E-state index in [4.69, 9.17) is 0 Å². The molecule has 1 aromatic rings. The molecule has 0 spiro atoms. The van der Waals surface area contributed by atoms with Crippen LogP contribution in [0, 0.1) is 11.7 Å². The Labute approximate surface area is 138 Å². The van der Waals surface area contributed by atoms with Crippen molar-refractivity contribution in [2.24, 2.45) is 5.92 Å². The molecule has 0 saturated carbocycles. The maximum atomic E-state index is 14.1. The molecule has 2 atom stereocenters. The first-order chi connectivity index (χ1) is 9.13. The third kappa shape index (κ3) is 4.99. The summed E-state index contributed by atoms with van der Waals surface area (Å²) in [5.41, 5.74) is 0.703. The van der Waals surface area contributed by atoms with Crippen molar-refractivity contribution in [1.29, 1.82) is 0 Å². The van der Waals surface area contributed by atoms with E-state index in [0.717, 1.165) is 32.6 Å². The molecule has 1 aliphatic heterocycles. The highest BCUT2D eigenvalue weighted by Gasteiger charge is 2.28. The second-order valence-electron chi connectivity index (χ2n) is 5.32. The van der Waals surface area contributed by atoms with E-state index in [1.807, 2.05) is 0 Å². The van der Waals surface area contributed by atoms with Gasteiger partial charge in [0.25, 0.3) is 0 Å². The average Bonchev–Trinajstić information content (AvgIpc) is 2.42. The Kier molecular flexibility index (Phi) is 9.22. The van der Waals surface area contributed by atoms with Gasteiger partial charge in [0, 0.05) is 43.9 Å². The standard InChI is InChI=1S/C15H23FN2O.2ClH/c1-3-11(2)15(18-8-6-17-7-9-18)13-5-4-12(19)10-14(13)16;;/h4-5,10-11,15,17,19H,3,6-9H2,1-2H3;2*1H/t11?,15-;;/m0../s1. The number of rotatable bonds is 4. The van der Waals surface area contributed by atoms with Crippen LogP contribution in [0.1, 0.15) is 31.9 Å². The maximum absolute atomic E-state index is 14.1. The van der Waals surface area contributed by atoms with Crippen LogP contribution in [0.15, 0.2) is 18.2 Å². The number of hydrogen-bond donors (Lipinski definition) is 2. The van der Waals surface area contributed by atoms with E-state index in [9.17, 15) is 9.50 Å². The minimum Gasteiger partial charge on any atom is -0.508 e. The largest absolute Gasteiger partial charge is 0.508 e. The highest BCUT2D eigenvalue weighted by Crippen LogP contribution is 2.33. The van der Waals surface area contributed by atoms with Crippen LogP contribution < -0.4 is 5.32 Å². The molecule has 21 heavy (non-hydrogen) atoms. The van der Waals surface area contributed by atoms with E-state index < -0.39 is 0 Å². The molecule has 1 saturated heterocycles. The summed E-state index contributed by atoms with van der Waals surface area (Å²) in [5.74, 6) is 0.0745. The first-order valence-corrected chi connectivity index (χ1v) is 7.06. The van der Waals surface area contributed by atoms with E-state index in [0.29, 0.717) is 11.5 Å². The molecule has 0 aliphatic carbocycles. The van der Waals surface area contributed by atoms with Gasteiger partial charge in [-0.1, -0.05) is 26.3 Å². The van der Waals surface area contributed by atoms with Crippen molar-refractivity contribution in [2.45, 2.75) is 26.3 Å². The number of phenols is 1. The number of aromatic hydroxyl groups is 1. The summed E-state index contributed by atoms with van der Waals surface area (Å²) in [5, 5.41) is 12.7. The fraction of sp³-hybridized carbons (Fsp3) is 0.600. The number of nitrogens with zero attached hydrogens (tertiary/aromatic N) is 1. The molecule has 1 fully saturated rings. The zero-order chi connectivity index (χ0) is 13.8. The average molecular weight is 339 g/mol. The van der Waals surface area contributed by atoms with Gasteiger partial charge in [0.1, 0.15) is 11.6 Å². The van der Waals surface area contributed by atoms with Crippen LogP contribution in [0.2, 0.25) is 0 Å². The van der Waals surface area contributed by atoms with Gasteiger partial charge in [0.15, 0.2) is 0 Å². The van der Waals surface area contributed by atoms with Crippen LogP contribution in [0.25, 0.3) is 0 Å². The molecular formula is C15H25Cl2FN2O. The third-order valence-electron chi connectivity index (χ3n) is 4.03. The van der Waals surface area contributed by atoms with Gasteiger partial charge in [-0.2, -0.15) is 0 Å². The van der Waals surface area contributed by atoms with E-state index in [1.54, 1.807) is 12.1 Å². The van der Waals surface area contributed by atoms with E-state index >= 15 is 0 Å². The number of benzene rings is 1. The quantitative estimate of drug-likeness (QED) is 0.883. The summed E-state index contributed by atoms with van der Waals surface area (Å²) in [6, 6.07) is 4.61. The summed E-state index contributed by atoms with van der Waals surface area (Å²) in [6.45, 7) is 8.08. The minimum atomic E-state index is -0.302. The van der Waals surface area contributed by atoms with Crippen LogP contribution >= 0.6 is 24.8 Å². The van der Waals surface area contributed by atoms with Crippen LogP contribution in [-0.4, -0.2) is 36.2 Å². The number of piperazine rings is 1. The van der Waals surface area contributed by atoms with Crippen molar-refractivity contribution < 1.29 is 9.50 Å². The smallest absolute Gasteiger partial charge is 0.131 e. The fourth-order valence-electron chi connectivity index (χ4n) is 2.80. The molecule has 2 N–H and O–H groups in total. The van der Waals surface area contributed by atoms with Crippen molar-refractivity contribution in [3.05, 3.63) is 29.6 Å². The van der Waals surface area contributed by atoms with Gasteiger partial charge in [0.2, 0.25) is 0 Å². The first kappa shape index (κ1) is 20.5. The van der Waals surface area contributed by atoms with Crippen molar-refractivity contribution >= 4 is 24.8 Å². The molecule has 0 radical (unpaired) electrons. The summed E-state index contributed by atoms with van der Waals surface area (Å²) < 4.78 is 14.1. The van der Waals surface area contributed by atoms with Gasteiger partial charge in [-0.05, 0) is 12.0 Å². The van der Waals surface area contributed by atoms with Crippen LogP contribution in [-0.2, 0) is 0 Å². The zero-order valence-corrected chi connectivity index (χ0v) is 14.1. The highest BCUT2D eigenvalue weighted by atomic mass is 35.5. The lowest BCUT2D eigenvalue weighted by atomic mass is 9.90. The van der Waals surface area contributed by atoms with E-state index in [1.165, 1.54) is 6.07 Å². The van der Waals surface area contributed by atoms with Gasteiger partial charge in [-0.15, -0.1) is 24.8 Å². The molecule has 2 rings (SSSR count). The Morgan fingerprint density at radius 1 is 1.29 bits per heavy atom.